The highest BCUT2D eigenvalue weighted by atomic mass is 16.5. The highest BCUT2D eigenvalue weighted by Gasteiger charge is 2.46. The van der Waals surface area contributed by atoms with Crippen LogP contribution >= 0.6 is 0 Å². The molecule has 164 valence electrons. The van der Waals surface area contributed by atoms with Crippen LogP contribution in [-0.2, 0) is 20.7 Å². The second kappa shape index (κ2) is 10.1. The molecule has 1 heterocycles. The van der Waals surface area contributed by atoms with Crippen LogP contribution in [0.3, 0.4) is 0 Å². The van der Waals surface area contributed by atoms with Gasteiger partial charge in [-0.05, 0) is 36.2 Å². The lowest BCUT2D eigenvalue weighted by Crippen LogP contribution is -2.39. The summed E-state index contributed by atoms with van der Waals surface area (Å²) in [5.74, 6) is -0.269. The molecule has 0 radical (unpaired) electrons. The van der Waals surface area contributed by atoms with Crippen LogP contribution in [0.5, 0.6) is 5.75 Å². The third-order valence-electron chi connectivity index (χ3n) is 5.19. The fourth-order valence-corrected chi connectivity index (χ4v) is 3.48. The van der Waals surface area contributed by atoms with E-state index in [0.29, 0.717) is 17.1 Å². The zero-order valence-electron chi connectivity index (χ0n) is 18.0. The number of amides is 4. The summed E-state index contributed by atoms with van der Waals surface area (Å²) in [6.07, 6.45) is 0.756. The van der Waals surface area contributed by atoms with Crippen LogP contribution in [0.25, 0.3) is 0 Å². The molecule has 1 N–H and O–H groups in total. The smallest absolute Gasteiger partial charge is 0.332 e. The van der Waals surface area contributed by atoms with Gasteiger partial charge in [0.2, 0.25) is 5.91 Å². The van der Waals surface area contributed by atoms with E-state index in [9.17, 15) is 14.4 Å². The number of urea groups is 1. The Kier molecular flexibility index (Phi) is 7.25. The Hall–Kier alpha value is -3.39. The van der Waals surface area contributed by atoms with E-state index in [0.717, 1.165) is 16.9 Å². The van der Waals surface area contributed by atoms with Crippen molar-refractivity contribution in [3.8, 4) is 5.75 Å². The number of imide groups is 1. The number of methoxy groups -OCH3 is 2. The number of benzene rings is 2. The van der Waals surface area contributed by atoms with E-state index in [1.54, 1.807) is 24.3 Å². The van der Waals surface area contributed by atoms with Gasteiger partial charge in [-0.3, -0.25) is 9.59 Å². The zero-order valence-corrected chi connectivity index (χ0v) is 18.0. The second-order valence-electron chi connectivity index (χ2n) is 7.16. The van der Waals surface area contributed by atoms with Gasteiger partial charge in [0.15, 0.2) is 0 Å². The topological polar surface area (TPSA) is 88.2 Å². The van der Waals surface area contributed by atoms with E-state index >= 15 is 0 Å². The minimum absolute atomic E-state index is 0.149. The van der Waals surface area contributed by atoms with Gasteiger partial charge in [-0.25, -0.2) is 9.69 Å². The molecule has 31 heavy (non-hydrogen) atoms. The number of rotatable bonds is 9. The number of aryl methyl sites for hydroxylation is 1. The maximum atomic E-state index is 13.2. The molecule has 0 aliphatic carbocycles. The van der Waals surface area contributed by atoms with Gasteiger partial charge in [0.05, 0.1) is 25.8 Å². The van der Waals surface area contributed by atoms with Gasteiger partial charge in [0.25, 0.3) is 5.91 Å². The van der Waals surface area contributed by atoms with Crippen LogP contribution < -0.4 is 15.0 Å². The van der Waals surface area contributed by atoms with Crippen molar-refractivity contribution in [1.29, 1.82) is 0 Å². The van der Waals surface area contributed by atoms with Crippen LogP contribution in [-0.4, -0.2) is 56.2 Å². The van der Waals surface area contributed by atoms with Gasteiger partial charge in [0.1, 0.15) is 11.8 Å². The van der Waals surface area contributed by atoms with Gasteiger partial charge in [0, 0.05) is 25.4 Å². The van der Waals surface area contributed by atoms with E-state index in [4.69, 9.17) is 9.47 Å². The third kappa shape index (κ3) is 5.03. The molecule has 4 amide bonds. The number of carbonyl (C=O) groups excluding carboxylic acids is 3. The molecule has 8 nitrogen and oxygen atoms in total. The maximum absolute atomic E-state index is 13.2. The van der Waals surface area contributed by atoms with E-state index in [1.807, 2.05) is 24.3 Å². The molecule has 1 atom stereocenters. The van der Waals surface area contributed by atoms with Crippen molar-refractivity contribution in [1.82, 2.24) is 4.90 Å². The Morgan fingerprint density at radius 2 is 1.84 bits per heavy atom. The van der Waals surface area contributed by atoms with E-state index in [1.165, 1.54) is 19.1 Å². The number of nitrogens with zero attached hydrogens (tertiary/aromatic N) is 2. The Bertz CT molecular complexity index is 944. The highest BCUT2D eigenvalue weighted by molar-refractivity contribution is 6.22. The summed E-state index contributed by atoms with van der Waals surface area (Å²) in [5, 5.41) is 2.81. The van der Waals surface area contributed by atoms with E-state index < -0.39 is 18.0 Å². The molecule has 2 aromatic rings. The van der Waals surface area contributed by atoms with Gasteiger partial charge in [-0.2, -0.15) is 0 Å². The molecule has 8 heteroatoms. The predicted molar refractivity (Wildman–Crippen MR) is 117 cm³/mol. The Balaban J connectivity index is 1.79. The SMILES string of the molecule is CCc1ccc(NC(=O)C[C@H]2C(=O)N(c3cccc(OC)c3)C(=O)N2CCOC)cc1. The van der Waals surface area contributed by atoms with E-state index in [-0.39, 0.29) is 25.5 Å². The fraction of sp³-hybridized carbons (Fsp3) is 0.348. The first kappa shape index (κ1) is 22.3. The summed E-state index contributed by atoms with van der Waals surface area (Å²) in [6, 6.07) is 12.8. The average molecular weight is 425 g/mol. The largest absolute Gasteiger partial charge is 0.497 e. The van der Waals surface area contributed by atoms with Crippen molar-refractivity contribution in [2.75, 3.05) is 37.6 Å². The first-order chi connectivity index (χ1) is 15.0. The number of carbonyl (C=O) groups is 3. The Labute approximate surface area is 181 Å². The molecule has 0 unspecified atom stereocenters. The van der Waals surface area contributed by atoms with Gasteiger partial charge < -0.3 is 19.7 Å². The second-order valence-corrected chi connectivity index (χ2v) is 7.16. The van der Waals surface area contributed by atoms with Crippen molar-refractivity contribution in [2.24, 2.45) is 0 Å². The number of anilines is 2. The van der Waals surface area contributed by atoms with Crippen LogP contribution in [0.2, 0.25) is 0 Å². The molecular weight excluding hydrogens is 398 g/mol. The molecule has 1 aliphatic heterocycles. The van der Waals surface area contributed by atoms with Gasteiger partial charge >= 0.3 is 6.03 Å². The predicted octanol–water partition coefficient (Wildman–Crippen LogP) is 3.07. The van der Waals surface area contributed by atoms with Crippen LogP contribution in [0.4, 0.5) is 16.2 Å². The van der Waals surface area contributed by atoms with Crippen LogP contribution in [0.1, 0.15) is 18.9 Å². The minimum atomic E-state index is -0.913. The Morgan fingerprint density at radius 1 is 1.10 bits per heavy atom. The van der Waals surface area contributed by atoms with Gasteiger partial charge in [-0.15, -0.1) is 0 Å². The molecule has 0 aromatic heterocycles. The molecule has 1 saturated heterocycles. The molecule has 2 aromatic carbocycles. The summed E-state index contributed by atoms with van der Waals surface area (Å²) < 4.78 is 10.3. The van der Waals surface area contributed by atoms with Crippen molar-refractivity contribution in [2.45, 2.75) is 25.8 Å². The summed E-state index contributed by atoms with van der Waals surface area (Å²) in [5.41, 5.74) is 2.20. The van der Waals surface area contributed by atoms with Crippen molar-refractivity contribution in [3.05, 3.63) is 54.1 Å². The normalized spacial score (nSPS) is 16.0. The van der Waals surface area contributed by atoms with Crippen molar-refractivity contribution < 1.29 is 23.9 Å². The number of hydrogen-bond acceptors (Lipinski definition) is 5. The zero-order chi connectivity index (χ0) is 22.4. The first-order valence-corrected chi connectivity index (χ1v) is 10.1. The molecule has 0 spiro atoms. The summed E-state index contributed by atoms with van der Waals surface area (Å²) in [4.78, 5) is 41.3. The van der Waals surface area contributed by atoms with Gasteiger partial charge in [-0.1, -0.05) is 25.1 Å². The lowest BCUT2D eigenvalue weighted by atomic mass is 10.1. The summed E-state index contributed by atoms with van der Waals surface area (Å²) >= 11 is 0. The molecule has 0 saturated carbocycles. The monoisotopic (exact) mass is 425 g/mol. The summed E-state index contributed by atoms with van der Waals surface area (Å²) in [6.45, 7) is 2.51. The molecular formula is C23H27N3O5. The quantitative estimate of drug-likeness (QED) is 0.624. The average Bonchev–Trinajstić information content (AvgIpc) is 3.01. The van der Waals surface area contributed by atoms with Crippen LogP contribution in [0, 0.1) is 0 Å². The number of hydrogen-bond donors (Lipinski definition) is 1. The lowest BCUT2D eigenvalue weighted by molar-refractivity contribution is -0.124. The first-order valence-electron chi connectivity index (χ1n) is 10.1. The van der Waals surface area contributed by atoms with Crippen molar-refractivity contribution in [3.63, 3.8) is 0 Å². The van der Waals surface area contributed by atoms with E-state index in [2.05, 4.69) is 12.2 Å². The fourth-order valence-electron chi connectivity index (χ4n) is 3.48. The van der Waals surface area contributed by atoms with Crippen molar-refractivity contribution >= 4 is 29.2 Å². The maximum Gasteiger partial charge on any atom is 0.332 e. The molecule has 1 fully saturated rings. The molecule has 1 aliphatic rings. The summed E-state index contributed by atoms with van der Waals surface area (Å²) in [7, 11) is 3.03. The third-order valence-corrected chi connectivity index (χ3v) is 5.19. The number of nitrogens with one attached hydrogen (secondary N) is 1. The molecule has 3 rings (SSSR count). The highest BCUT2D eigenvalue weighted by Crippen LogP contribution is 2.29. The molecule has 0 bridgehead atoms. The van der Waals surface area contributed by atoms with Crippen LogP contribution in [0.15, 0.2) is 48.5 Å². The minimum Gasteiger partial charge on any atom is -0.497 e. The number of ether oxygens (including phenoxy) is 2. The lowest BCUT2D eigenvalue weighted by Gasteiger charge is -2.21. The standard InChI is InChI=1S/C23H27N3O5/c1-4-16-8-10-17(11-9-16)24-21(27)15-20-22(28)26(23(29)25(20)12-13-30-2)18-6-5-7-19(14-18)31-3/h5-11,14,20H,4,12-13,15H2,1-3H3,(H,24,27)/t20-/m0/s1. The Morgan fingerprint density at radius 3 is 2.48 bits per heavy atom.